The highest BCUT2D eigenvalue weighted by Crippen LogP contribution is 2.28. The van der Waals surface area contributed by atoms with Gasteiger partial charge in [0.05, 0.1) is 22.2 Å². The first-order valence-electron chi connectivity index (χ1n) is 10.9. The molecule has 1 saturated heterocycles. The zero-order chi connectivity index (χ0) is 23.6. The molecular formula is C24H27N3O4S2. The summed E-state index contributed by atoms with van der Waals surface area (Å²) in [5.41, 5.74) is 2.19. The first-order valence-corrected chi connectivity index (χ1v) is 13.1. The normalized spacial score (nSPS) is 17.5. The van der Waals surface area contributed by atoms with Crippen LogP contribution in [0.1, 0.15) is 25.3 Å². The second-order valence-corrected chi connectivity index (χ2v) is 10.7. The summed E-state index contributed by atoms with van der Waals surface area (Å²) in [5.74, 6) is 0.130. The number of benzene rings is 2. The van der Waals surface area contributed by atoms with Gasteiger partial charge >= 0.3 is 0 Å². The molecule has 1 unspecified atom stereocenters. The first kappa shape index (κ1) is 23.4. The number of thiazole rings is 1. The van der Waals surface area contributed by atoms with Crippen LogP contribution in [0.25, 0.3) is 10.2 Å². The number of nitrogens with zero attached hydrogens (tertiary/aromatic N) is 3. The summed E-state index contributed by atoms with van der Waals surface area (Å²) < 4.78 is 35.9. The Morgan fingerprint density at radius 1 is 1.27 bits per heavy atom. The molecule has 2 aromatic carbocycles. The molecule has 0 spiro atoms. The second-order valence-electron chi connectivity index (χ2n) is 7.84. The molecule has 4 rings (SSSR count). The number of hydrogen-bond donors (Lipinski definition) is 0. The van der Waals surface area contributed by atoms with Crippen LogP contribution in [0.2, 0.25) is 0 Å². The van der Waals surface area contributed by atoms with Crippen molar-refractivity contribution in [1.29, 1.82) is 0 Å². The van der Waals surface area contributed by atoms with E-state index in [0.717, 1.165) is 16.6 Å². The maximum atomic E-state index is 13.3. The summed E-state index contributed by atoms with van der Waals surface area (Å²) in [7, 11) is -2.30. The molecule has 1 atom stereocenters. The van der Waals surface area contributed by atoms with Crippen molar-refractivity contribution in [1.82, 2.24) is 8.87 Å². The minimum Gasteiger partial charge on any atom is -0.497 e. The molecule has 7 nitrogen and oxygen atoms in total. The van der Waals surface area contributed by atoms with Crippen molar-refractivity contribution in [2.45, 2.75) is 43.7 Å². The minimum absolute atomic E-state index is 0.138. The van der Waals surface area contributed by atoms with E-state index in [1.807, 2.05) is 10.6 Å². The van der Waals surface area contributed by atoms with Gasteiger partial charge in [-0.2, -0.15) is 9.30 Å². The number of carbonyl (C=O) groups is 1. The fraction of sp³-hybridized carbons (Fsp3) is 0.333. The average molecular weight is 486 g/mol. The SMILES string of the molecule is C=CCn1c(=NC(=O)C2CCCN2S(=O)(=O)c2ccc(OC)cc2)sc2cc(CC)ccc21. The number of aryl methyl sites for hydroxylation is 1. The van der Waals surface area contributed by atoms with Gasteiger partial charge in [0.1, 0.15) is 11.8 Å². The van der Waals surface area contributed by atoms with Gasteiger partial charge in [-0.05, 0) is 61.2 Å². The molecular weight excluding hydrogens is 458 g/mol. The predicted octanol–water partition coefficient (Wildman–Crippen LogP) is 3.74. The molecule has 0 saturated carbocycles. The van der Waals surface area contributed by atoms with Gasteiger partial charge in [0.2, 0.25) is 10.0 Å². The third-order valence-corrected chi connectivity index (χ3v) is 8.79. The number of rotatable bonds is 7. The van der Waals surface area contributed by atoms with Crippen LogP contribution in [0.3, 0.4) is 0 Å². The van der Waals surface area contributed by atoms with Crippen LogP contribution in [0.15, 0.2) is 65.0 Å². The Bertz CT molecular complexity index is 1350. The zero-order valence-corrected chi connectivity index (χ0v) is 20.4. The second kappa shape index (κ2) is 9.62. The van der Waals surface area contributed by atoms with Crippen LogP contribution < -0.4 is 9.54 Å². The smallest absolute Gasteiger partial charge is 0.266 e. The molecule has 1 aliphatic rings. The van der Waals surface area contributed by atoms with Crippen molar-refractivity contribution >= 4 is 37.5 Å². The lowest BCUT2D eigenvalue weighted by molar-refractivity contribution is -0.121. The Kier molecular flexibility index (Phi) is 6.83. The zero-order valence-electron chi connectivity index (χ0n) is 18.7. The number of hydrogen-bond acceptors (Lipinski definition) is 5. The summed E-state index contributed by atoms with van der Waals surface area (Å²) in [6.07, 6.45) is 3.74. The lowest BCUT2D eigenvalue weighted by atomic mass is 10.2. The van der Waals surface area contributed by atoms with Crippen molar-refractivity contribution in [2.75, 3.05) is 13.7 Å². The van der Waals surface area contributed by atoms with Gasteiger partial charge in [-0.15, -0.1) is 6.58 Å². The molecule has 1 amide bonds. The van der Waals surface area contributed by atoms with Crippen molar-refractivity contribution in [3.05, 3.63) is 65.5 Å². The predicted molar refractivity (Wildman–Crippen MR) is 130 cm³/mol. The van der Waals surface area contributed by atoms with Crippen LogP contribution in [0.4, 0.5) is 0 Å². The summed E-state index contributed by atoms with van der Waals surface area (Å²) in [6.45, 7) is 6.72. The first-order chi connectivity index (χ1) is 15.9. The van der Waals surface area contributed by atoms with Gasteiger partial charge in [-0.1, -0.05) is 30.4 Å². The van der Waals surface area contributed by atoms with E-state index >= 15 is 0 Å². The standard InChI is InChI=1S/C24H27N3O4S2/c1-4-14-26-20-13-8-17(5-2)16-22(20)32-24(26)25-23(28)21-7-6-15-27(21)33(29,30)19-11-9-18(31-3)10-12-19/h4,8-13,16,21H,1,5-7,14-15H2,2-3H3. The topological polar surface area (TPSA) is 81.0 Å². The molecule has 9 heteroatoms. The third-order valence-electron chi connectivity index (χ3n) is 5.83. The molecule has 3 aromatic rings. The number of allylic oxidation sites excluding steroid dienone is 1. The average Bonchev–Trinajstić information content (AvgIpc) is 3.45. The number of sulfonamides is 1. The van der Waals surface area contributed by atoms with E-state index in [9.17, 15) is 13.2 Å². The third kappa shape index (κ3) is 4.53. The highest BCUT2D eigenvalue weighted by molar-refractivity contribution is 7.89. The number of ether oxygens (including phenoxy) is 1. The van der Waals surface area contributed by atoms with E-state index in [0.29, 0.717) is 36.5 Å². The lowest BCUT2D eigenvalue weighted by Gasteiger charge is -2.21. The Balaban J connectivity index is 1.70. The van der Waals surface area contributed by atoms with Gasteiger partial charge in [-0.3, -0.25) is 4.79 Å². The van der Waals surface area contributed by atoms with E-state index in [2.05, 4.69) is 30.6 Å². The molecule has 1 aromatic heterocycles. The van der Waals surface area contributed by atoms with Gasteiger partial charge in [0.15, 0.2) is 4.80 Å². The van der Waals surface area contributed by atoms with E-state index in [-0.39, 0.29) is 4.90 Å². The van der Waals surface area contributed by atoms with E-state index in [1.54, 1.807) is 18.2 Å². The minimum atomic E-state index is -3.83. The summed E-state index contributed by atoms with van der Waals surface area (Å²) >= 11 is 1.44. The van der Waals surface area contributed by atoms with E-state index < -0.39 is 22.0 Å². The summed E-state index contributed by atoms with van der Waals surface area (Å²) in [5, 5.41) is 0. The fourth-order valence-electron chi connectivity index (χ4n) is 4.05. The molecule has 1 aliphatic heterocycles. The van der Waals surface area contributed by atoms with Gasteiger partial charge < -0.3 is 9.30 Å². The Hall–Kier alpha value is -2.75. The molecule has 174 valence electrons. The van der Waals surface area contributed by atoms with Crippen molar-refractivity contribution in [3.63, 3.8) is 0 Å². The largest absolute Gasteiger partial charge is 0.497 e. The molecule has 1 fully saturated rings. The Morgan fingerprint density at radius 3 is 2.70 bits per heavy atom. The Morgan fingerprint density at radius 2 is 2.03 bits per heavy atom. The van der Waals surface area contributed by atoms with E-state index in [1.165, 1.54) is 40.4 Å². The van der Waals surface area contributed by atoms with E-state index in [4.69, 9.17) is 4.74 Å². The van der Waals surface area contributed by atoms with Crippen LogP contribution in [-0.2, 0) is 27.8 Å². The molecule has 0 radical (unpaired) electrons. The molecule has 0 aliphatic carbocycles. The maximum Gasteiger partial charge on any atom is 0.266 e. The molecule has 33 heavy (non-hydrogen) atoms. The molecule has 0 N–H and O–H groups in total. The van der Waals surface area contributed by atoms with Crippen molar-refractivity contribution < 1.29 is 17.9 Å². The number of methoxy groups -OCH3 is 1. The molecule has 2 heterocycles. The summed E-state index contributed by atoms with van der Waals surface area (Å²) in [6, 6.07) is 11.6. The van der Waals surface area contributed by atoms with Crippen molar-refractivity contribution in [3.8, 4) is 5.75 Å². The van der Waals surface area contributed by atoms with Crippen molar-refractivity contribution in [2.24, 2.45) is 4.99 Å². The van der Waals surface area contributed by atoms with Gasteiger partial charge in [0.25, 0.3) is 5.91 Å². The van der Waals surface area contributed by atoms with Crippen LogP contribution >= 0.6 is 11.3 Å². The van der Waals surface area contributed by atoms with Crippen LogP contribution in [0, 0.1) is 0 Å². The lowest BCUT2D eigenvalue weighted by Crippen LogP contribution is -2.40. The maximum absolute atomic E-state index is 13.3. The number of carbonyl (C=O) groups excluding carboxylic acids is 1. The fourth-order valence-corrected chi connectivity index (χ4v) is 6.81. The Labute approximate surface area is 197 Å². The monoisotopic (exact) mass is 485 g/mol. The number of aromatic nitrogens is 1. The van der Waals surface area contributed by atoms with Crippen LogP contribution in [-0.4, -0.2) is 42.9 Å². The molecule has 0 bridgehead atoms. The van der Waals surface area contributed by atoms with Gasteiger partial charge in [0, 0.05) is 13.1 Å². The highest BCUT2D eigenvalue weighted by Gasteiger charge is 2.39. The van der Waals surface area contributed by atoms with Crippen LogP contribution in [0.5, 0.6) is 5.75 Å². The summed E-state index contributed by atoms with van der Waals surface area (Å²) in [4.78, 5) is 18.3. The number of amides is 1. The quantitative estimate of drug-likeness (QED) is 0.478. The number of fused-ring (bicyclic) bond motifs is 1. The van der Waals surface area contributed by atoms with Gasteiger partial charge in [-0.25, -0.2) is 8.42 Å². The highest BCUT2D eigenvalue weighted by atomic mass is 32.2.